The Labute approximate surface area is 103 Å². The first kappa shape index (κ1) is 11.5. The zero-order valence-electron chi connectivity index (χ0n) is 10.7. The molecule has 0 spiro atoms. The lowest BCUT2D eigenvalue weighted by Gasteiger charge is -2.20. The summed E-state index contributed by atoms with van der Waals surface area (Å²) in [4.78, 5) is 12.2. The van der Waals surface area contributed by atoms with Crippen molar-refractivity contribution in [3.63, 3.8) is 0 Å². The molecule has 3 saturated carbocycles. The van der Waals surface area contributed by atoms with Crippen LogP contribution < -0.4 is 5.32 Å². The van der Waals surface area contributed by atoms with E-state index in [-0.39, 0.29) is 24.5 Å². The molecule has 17 heavy (non-hydrogen) atoms. The summed E-state index contributed by atoms with van der Waals surface area (Å²) in [5.41, 5.74) is 0. The zero-order valence-corrected chi connectivity index (χ0v) is 10.7. The van der Waals surface area contributed by atoms with E-state index in [9.17, 15) is 9.90 Å². The molecule has 0 aliphatic heterocycles. The lowest BCUT2D eigenvalue weighted by molar-refractivity contribution is -0.124. The summed E-state index contributed by atoms with van der Waals surface area (Å²) in [5, 5.41) is 12.3. The van der Waals surface area contributed by atoms with Crippen molar-refractivity contribution < 1.29 is 9.90 Å². The molecule has 5 atom stereocenters. The monoisotopic (exact) mass is 237 g/mol. The van der Waals surface area contributed by atoms with Gasteiger partial charge in [-0.25, -0.2) is 0 Å². The van der Waals surface area contributed by atoms with Gasteiger partial charge in [-0.3, -0.25) is 4.79 Å². The molecule has 3 rings (SSSR count). The summed E-state index contributed by atoms with van der Waals surface area (Å²) >= 11 is 0. The van der Waals surface area contributed by atoms with Crippen LogP contribution in [-0.2, 0) is 4.79 Å². The fourth-order valence-electron chi connectivity index (χ4n) is 4.38. The van der Waals surface area contributed by atoms with E-state index in [1.54, 1.807) is 0 Å². The molecular formula is C14H23NO2. The van der Waals surface area contributed by atoms with Crippen LogP contribution >= 0.6 is 0 Å². The van der Waals surface area contributed by atoms with E-state index in [2.05, 4.69) is 5.32 Å². The normalized spacial score (nSPS) is 43.6. The SMILES string of the molecule is CC(C)[C@@H](CO)NC(=O)C1C2C3CCC(C3)C12. The highest BCUT2D eigenvalue weighted by Crippen LogP contribution is 2.69. The summed E-state index contributed by atoms with van der Waals surface area (Å²) in [5.74, 6) is 3.87. The van der Waals surface area contributed by atoms with E-state index in [0.29, 0.717) is 17.8 Å². The minimum atomic E-state index is -0.0681. The largest absolute Gasteiger partial charge is 0.394 e. The van der Waals surface area contributed by atoms with Crippen molar-refractivity contribution in [2.24, 2.45) is 35.5 Å². The molecule has 1 amide bonds. The van der Waals surface area contributed by atoms with Gasteiger partial charge in [0.25, 0.3) is 0 Å². The van der Waals surface area contributed by atoms with E-state index in [0.717, 1.165) is 11.8 Å². The van der Waals surface area contributed by atoms with E-state index >= 15 is 0 Å². The molecule has 96 valence electrons. The number of amides is 1. The molecule has 3 aliphatic carbocycles. The van der Waals surface area contributed by atoms with Crippen molar-refractivity contribution in [3.05, 3.63) is 0 Å². The minimum Gasteiger partial charge on any atom is -0.394 e. The van der Waals surface area contributed by atoms with Gasteiger partial charge >= 0.3 is 0 Å². The van der Waals surface area contributed by atoms with Gasteiger partial charge in [0.1, 0.15) is 0 Å². The van der Waals surface area contributed by atoms with Gasteiger partial charge in [-0.15, -0.1) is 0 Å². The third-order valence-electron chi connectivity index (χ3n) is 5.37. The molecule has 3 fully saturated rings. The number of aliphatic hydroxyl groups is 1. The van der Waals surface area contributed by atoms with Crippen LogP contribution in [0.15, 0.2) is 0 Å². The third-order valence-corrected chi connectivity index (χ3v) is 5.37. The van der Waals surface area contributed by atoms with Crippen molar-refractivity contribution in [1.82, 2.24) is 5.32 Å². The highest BCUT2D eigenvalue weighted by atomic mass is 16.3. The number of carbonyl (C=O) groups is 1. The quantitative estimate of drug-likeness (QED) is 0.776. The molecule has 0 aromatic carbocycles. The minimum absolute atomic E-state index is 0.0539. The predicted octanol–water partition coefficient (Wildman–Crippen LogP) is 1.41. The molecule has 0 heterocycles. The molecule has 0 radical (unpaired) electrons. The second-order valence-electron chi connectivity index (χ2n) is 6.56. The first-order valence-corrected chi connectivity index (χ1v) is 7.04. The highest BCUT2D eigenvalue weighted by molar-refractivity contribution is 5.83. The number of aliphatic hydroxyl groups excluding tert-OH is 1. The fraction of sp³-hybridized carbons (Fsp3) is 0.929. The Morgan fingerprint density at radius 2 is 1.88 bits per heavy atom. The Balaban J connectivity index is 1.58. The molecule has 3 nitrogen and oxygen atoms in total. The van der Waals surface area contributed by atoms with E-state index < -0.39 is 0 Å². The van der Waals surface area contributed by atoms with Gasteiger partial charge in [-0.2, -0.15) is 0 Å². The standard InChI is InChI=1S/C14H23NO2/c1-7(2)10(6-16)15-14(17)13-11-8-3-4-9(5-8)12(11)13/h7-13,16H,3-6H2,1-2H3,(H,15,17)/t8?,9?,10-,11?,12?,13?/m1/s1. The van der Waals surface area contributed by atoms with Crippen molar-refractivity contribution >= 4 is 5.91 Å². The summed E-state index contributed by atoms with van der Waals surface area (Å²) in [6.45, 7) is 4.13. The lowest BCUT2D eigenvalue weighted by atomic mass is 10.0. The number of hydrogen-bond donors (Lipinski definition) is 2. The maximum Gasteiger partial charge on any atom is 0.224 e. The molecule has 0 aromatic rings. The van der Waals surface area contributed by atoms with Crippen LogP contribution in [0.4, 0.5) is 0 Å². The highest BCUT2D eigenvalue weighted by Gasteiger charge is 2.67. The van der Waals surface area contributed by atoms with Gasteiger partial charge in [0, 0.05) is 5.92 Å². The molecule has 4 unspecified atom stereocenters. The van der Waals surface area contributed by atoms with Gasteiger partial charge in [-0.05, 0) is 48.9 Å². The van der Waals surface area contributed by atoms with Crippen LogP contribution in [-0.4, -0.2) is 23.7 Å². The van der Waals surface area contributed by atoms with E-state index in [1.807, 2.05) is 13.8 Å². The molecule has 0 saturated heterocycles. The number of rotatable bonds is 4. The topological polar surface area (TPSA) is 49.3 Å². The van der Waals surface area contributed by atoms with Gasteiger partial charge in [-0.1, -0.05) is 13.8 Å². The van der Waals surface area contributed by atoms with Gasteiger partial charge in [0.2, 0.25) is 5.91 Å². The van der Waals surface area contributed by atoms with E-state index in [1.165, 1.54) is 19.3 Å². The Hall–Kier alpha value is -0.570. The molecular weight excluding hydrogens is 214 g/mol. The first-order valence-electron chi connectivity index (χ1n) is 7.04. The van der Waals surface area contributed by atoms with Crippen LogP contribution in [0.5, 0.6) is 0 Å². The van der Waals surface area contributed by atoms with Crippen LogP contribution in [0.2, 0.25) is 0 Å². The second kappa shape index (κ2) is 3.98. The molecule has 3 aliphatic rings. The van der Waals surface area contributed by atoms with Crippen LogP contribution in [0.25, 0.3) is 0 Å². The molecule has 2 N–H and O–H groups in total. The zero-order chi connectivity index (χ0) is 12.2. The average molecular weight is 237 g/mol. The third kappa shape index (κ3) is 1.70. The first-order chi connectivity index (χ1) is 8.13. The van der Waals surface area contributed by atoms with Gasteiger partial charge in [0.05, 0.1) is 12.6 Å². The molecule has 3 heteroatoms. The number of nitrogens with one attached hydrogen (secondary N) is 1. The van der Waals surface area contributed by atoms with Gasteiger partial charge in [0.15, 0.2) is 0 Å². The van der Waals surface area contributed by atoms with Crippen molar-refractivity contribution in [3.8, 4) is 0 Å². The second-order valence-corrected chi connectivity index (χ2v) is 6.56. The van der Waals surface area contributed by atoms with Crippen molar-refractivity contribution in [1.29, 1.82) is 0 Å². The fourth-order valence-corrected chi connectivity index (χ4v) is 4.38. The molecule has 2 bridgehead atoms. The summed E-state index contributed by atoms with van der Waals surface area (Å²) in [6, 6.07) is -0.0681. The Kier molecular flexibility index (Phi) is 2.69. The van der Waals surface area contributed by atoms with Gasteiger partial charge < -0.3 is 10.4 Å². The number of carbonyl (C=O) groups excluding carboxylic acids is 1. The van der Waals surface area contributed by atoms with Crippen LogP contribution in [0.3, 0.4) is 0 Å². The maximum absolute atomic E-state index is 12.2. The summed E-state index contributed by atoms with van der Waals surface area (Å²) in [6.07, 6.45) is 4.08. The maximum atomic E-state index is 12.2. The number of fused-ring (bicyclic) bond motifs is 5. The Morgan fingerprint density at radius 1 is 1.29 bits per heavy atom. The predicted molar refractivity (Wildman–Crippen MR) is 65.2 cm³/mol. The van der Waals surface area contributed by atoms with Crippen molar-refractivity contribution in [2.45, 2.75) is 39.2 Å². The summed E-state index contributed by atoms with van der Waals surface area (Å²) in [7, 11) is 0. The molecule has 0 aromatic heterocycles. The van der Waals surface area contributed by atoms with E-state index in [4.69, 9.17) is 0 Å². The van der Waals surface area contributed by atoms with Crippen LogP contribution in [0.1, 0.15) is 33.1 Å². The lowest BCUT2D eigenvalue weighted by Crippen LogP contribution is -2.42. The van der Waals surface area contributed by atoms with Crippen LogP contribution in [0, 0.1) is 35.5 Å². The summed E-state index contributed by atoms with van der Waals surface area (Å²) < 4.78 is 0. The van der Waals surface area contributed by atoms with Crippen molar-refractivity contribution in [2.75, 3.05) is 6.61 Å². The number of hydrogen-bond acceptors (Lipinski definition) is 2. The Morgan fingerprint density at radius 3 is 2.35 bits per heavy atom. The Bertz CT molecular complexity index is 312. The average Bonchev–Trinajstić information content (AvgIpc) is 2.75. The smallest absolute Gasteiger partial charge is 0.224 e.